The molecule has 0 radical (unpaired) electrons. The molecule has 0 aliphatic rings. The van der Waals surface area contributed by atoms with Crippen molar-refractivity contribution in [2.24, 2.45) is 0 Å². The topological polar surface area (TPSA) is 25.2 Å². The third kappa shape index (κ3) is 1.41. The van der Waals surface area contributed by atoms with E-state index in [0.717, 1.165) is 28.2 Å². The van der Waals surface area contributed by atoms with Crippen LogP contribution in [-0.4, -0.2) is 9.67 Å². The molecule has 2 nitrogen and oxygen atoms in total. The van der Waals surface area contributed by atoms with Gasteiger partial charge in [0.05, 0.1) is 6.61 Å². The normalized spacial score (nSPS) is 11.1. The van der Waals surface area contributed by atoms with Gasteiger partial charge < -0.3 is 9.67 Å². The van der Waals surface area contributed by atoms with Crippen molar-refractivity contribution < 1.29 is 5.11 Å². The standard InChI is InChI=1S/C11H12ClNO/c1-2-13-10(7-14)6-8-5-9(12)3-4-11(8)13/h3-6,14H,2,7H2,1H3. The average molecular weight is 210 g/mol. The maximum Gasteiger partial charge on any atom is 0.0833 e. The van der Waals surface area contributed by atoms with E-state index in [2.05, 4.69) is 11.5 Å². The van der Waals surface area contributed by atoms with E-state index in [0.29, 0.717) is 0 Å². The second-order valence-corrected chi connectivity index (χ2v) is 3.68. The summed E-state index contributed by atoms with van der Waals surface area (Å²) in [6.07, 6.45) is 0. The lowest BCUT2D eigenvalue weighted by molar-refractivity contribution is 0.272. The molecule has 14 heavy (non-hydrogen) atoms. The summed E-state index contributed by atoms with van der Waals surface area (Å²) in [4.78, 5) is 0. The number of nitrogens with zero attached hydrogens (tertiary/aromatic N) is 1. The Morgan fingerprint density at radius 3 is 2.79 bits per heavy atom. The van der Waals surface area contributed by atoms with Gasteiger partial charge in [-0.15, -0.1) is 0 Å². The van der Waals surface area contributed by atoms with Gasteiger partial charge in [-0.1, -0.05) is 11.6 Å². The highest BCUT2D eigenvalue weighted by Gasteiger charge is 2.06. The quantitative estimate of drug-likeness (QED) is 0.809. The van der Waals surface area contributed by atoms with Crippen molar-refractivity contribution >= 4 is 22.5 Å². The minimum atomic E-state index is 0.0696. The van der Waals surface area contributed by atoms with Gasteiger partial charge in [-0.05, 0) is 31.2 Å². The molecule has 74 valence electrons. The summed E-state index contributed by atoms with van der Waals surface area (Å²) in [5.41, 5.74) is 2.06. The largest absolute Gasteiger partial charge is 0.390 e. The Morgan fingerprint density at radius 2 is 2.14 bits per heavy atom. The minimum Gasteiger partial charge on any atom is -0.390 e. The van der Waals surface area contributed by atoms with E-state index in [1.807, 2.05) is 24.3 Å². The first-order valence-corrected chi connectivity index (χ1v) is 5.02. The van der Waals surface area contributed by atoms with E-state index in [-0.39, 0.29) is 6.61 Å². The molecule has 0 amide bonds. The predicted octanol–water partition coefficient (Wildman–Crippen LogP) is 2.81. The molecule has 0 bridgehead atoms. The van der Waals surface area contributed by atoms with Gasteiger partial charge in [-0.3, -0.25) is 0 Å². The number of aliphatic hydroxyl groups excluding tert-OH is 1. The van der Waals surface area contributed by atoms with E-state index in [4.69, 9.17) is 16.7 Å². The molecular weight excluding hydrogens is 198 g/mol. The van der Waals surface area contributed by atoms with Crippen LogP contribution in [0.15, 0.2) is 24.3 Å². The Kier molecular flexibility index (Phi) is 2.48. The summed E-state index contributed by atoms with van der Waals surface area (Å²) in [6.45, 7) is 2.99. The van der Waals surface area contributed by atoms with Crippen LogP contribution in [-0.2, 0) is 13.2 Å². The van der Waals surface area contributed by atoms with Crippen LogP contribution in [0.25, 0.3) is 10.9 Å². The van der Waals surface area contributed by atoms with Gasteiger partial charge in [-0.25, -0.2) is 0 Å². The zero-order valence-corrected chi connectivity index (χ0v) is 8.75. The third-order valence-electron chi connectivity index (χ3n) is 2.43. The molecular formula is C11H12ClNO. The van der Waals surface area contributed by atoms with Crippen molar-refractivity contribution in [2.45, 2.75) is 20.1 Å². The highest BCUT2D eigenvalue weighted by Crippen LogP contribution is 2.23. The Hall–Kier alpha value is -0.990. The van der Waals surface area contributed by atoms with Crippen molar-refractivity contribution in [3.8, 4) is 0 Å². The number of fused-ring (bicyclic) bond motifs is 1. The predicted molar refractivity (Wildman–Crippen MR) is 58.5 cm³/mol. The lowest BCUT2D eigenvalue weighted by Crippen LogP contribution is -1.99. The summed E-state index contributed by atoms with van der Waals surface area (Å²) in [6, 6.07) is 7.75. The van der Waals surface area contributed by atoms with Crippen molar-refractivity contribution in [1.82, 2.24) is 4.57 Å². The zero-order valence-electron chi connectivity index (χ0n) is 8.00. The number of rotatable bonds is 2. The monoisotopic (exact) mass is 209 g/mol. The fraction of sp³-hybridized carbons (Fsp3) is 0.273. The smallest absolute Gasteiger partial charge is 0.0833 e. The second-order valence-electron chi connectivity index (χ2n) is 3.24. The Morgan fingerprint density at radius 1 is 1.36 bits per heavy atom. The maximum atomic E-state index is 9.17. The van der Waals surface area contributed by atoms with Crippen LogP contribution in [0.2, 0.25) is 5.02 Å². The van der Waals surface area contributed by atoms with Crippen LogP contribution in [0.4, 0.5) is 0 Å². The van der Waals surface area contributed by atoms with Gasteiger partial charge >= 0.3 is 0 Å². The van der Waals surface area contributed by atoms with E-state index in [9.17, 15) is 0 Å². The summed E-state index contributed by atoms with van der Waals surface area (Å²) in [5.74, 6) is 0. The molecule has 0 spiro atoms. The molecule has 0 saturated heterocycles. The highest BCUT2D eigenvalue weighted by atomic mass is 35.5. The number of benzene rings is 1. The molecule has 0 atom stereocenters. The van der Waals surface area contributed by atoms with Crippen molar-refractivity contribution in [1.29, 1.82) is 0 Å². The van der Waals surface area contributed by atoms with Crippen molar-refractivity contribution in [2.75, 3.05) is 0 Å². The summed E-state index contributed by atoms with van der Waals surface area (Å²) < 4.78 is 2.09. The molecule has 0 fully saturated rings. The molecule has 2 rings (SSSR count). The summed E-state index contributed by atoms with van der Waals surface area (Å²) >= 11 is 5.89. The molecule has 0 aliphatic heterocycles. The Balaban J connectivity index is 2.73. The molecule has 1 N–H and O–H groups in total. The SMILES string of the molecule is CCn1c(CO)cc2cc(Cl)ccc21. The van der Waals surface area contributed by atoms with Gasteiger partial charge in [0.15, 0.2) is 0 Å². The minimum absolute atomic E-state index is 0.0696. The number of aliphatic hydroxyl groups is 1. The molecule has 1 heterocycles. The maximum absolute atomic E-state index is 9.17. The van der Waals surface area contributed by atoms with E-state index in [1.165, 1.54) is 0 Å². The fourth-order valence-corrected chi connectivity index (χ4v) is 1.98. The summed E-state index contributed by atoms with van der Waals surface area (Å²) in [5, 5.41) is 11.0. The van der Waals surface area contributed by atoms with E-state index >= 15 is 0 Å². The Bertz CT molecular complexity index is 462. The van der Waals surface area contributed by atoms with Crippen LogP contribution >= 0.6 is 11.6 Å². The van der Waals surface area contributed by atoms with Crippen LogP contribution in [0.5, 0.6) is 0 Å². The van der Waals surface area contributed by atoms with E-state index in [1.54, 1.807) is 0 Å². The molecule has 1 aromatic heterocycles. The van der Waals surface area contributed by atoms with Crippen molar-refractivity contribution in [3.05, 3.63) is 35.0 Å². The zero-order chi connectivity index (χ0) is 10.1. The first kappa shape index (κ1) is 9.56. The number of hydrogen-bond donors (Lipinski definition) is 1. The first-order valence-electron chi connectivity index (χ1n) is 4.64. The molecule has 0 saturated carbocycles. The second kappa shape index (κ2) is 3.64. The van der Waals surface area contributed by atoms with Gasteiger partial charge in [0, 0.05) is 28.2 Å². The lowest BCUT2D eigenvalue weighted by Gasteiger charge is -2.04. The number of aromatic nitrogens is 1. The molecule has 0 aliphatic carbocycles. The van der Waals surface area contributed by atoms with Gasteiger partial charge in [0.1, 0.15) is 0 Å². The van der Waals surface area contributed by atoms with Gasteiger partial charge in [-0.2, -0.15) is 0 Å². The van der Waals surface area contributed by atoms with Crippen LogP contribution in [0, 0.1) is 0 Å². The average Bonchev–Trinajstić information content (AvgIpc) is 2.54. The molecule has 3 heteroatoms. The number of halogens is 1. The van der Waals surface area contributed by atoms with E-state index < -0.39 is 0 Å². The van der Waals surface area contributed by atoms with Gasteiger partial charge in [0.2, 0.25) is 0 Å². The molecule has 1 aromatic carbocycles. The first-order chi connectivity index (χ1) is 6.76. The van der Waals surface area contributed by atoms with Crippen LogP contribution in [0.1, 0.15) is 12.6 Å². The van der Waals surface area contributed by atoms with Crippen LogP contribution in [0.3, 0.4) is 0 Å². The van der Waals surface area contributed by atoms with Gasteiger partial charge in [0.25, 0.3) is 0 Å². The Labute approximate surface area is 87.7 Å². The molecule has 0 unspecified atom stereocenters. The highest BCUT2D eigenvalue weighted by molar-refractivity contribution is 6.31. The van der Waals surface area contributed by atoms with Crippen molar-refractivity contribution in [3.63, 3.8) is 0 Å². The van der Waals surface area contributed by atoms with Crippen LogP contribution < -0.4 is 0 Å². The summed E-state index contributed by atoms with van der Waals surface area (Å²) in [7, 11) is 0. The molecule has 2 aromatic rings. The number of hydrogen-bond acceptors (Lipinski definition) is 1. The lowest BCUT2D eigenvalue weighted by atomic mass is 10.2. The fourth-order valence-electron chi connectivity index (χ4n) is 1.80. The third-order valence-corrected chi connectivity index (χ3v) is 2.66. The number of aryl methyl sites for hydroxylation is 1.